The summed E-state index contributed by atoms with van der Waals surface area (Å²) in [4.78, 5) is 15.3. The fourth-order valence-corrected chi connectivity index (χ4v) is 2.79. The Balaban J connectivity index is 2.29. The molecule has 2 rings (SSSR count). The van der Waals surface area contributed by atoms with Crippen LogP contribution in [0, 0.1) is 0 Å². The Morgan fingerprint density at radius 2 is 2.19 bits per heavy atom. The molecule has 0 bridgehead atoms. The van der Waals surface area contributed by atoms with E-state index in [0.29, 0.717) is 5.52 Å². The van der Waals surface area contributed by atoms with Crippen molar-refractivity contribution < 1.29 is 17.9 Å². The second-order valence-electron chi connectivity index (χ2n) is 3.96. The van der Waals surface area contributed by atoms with Gasteiger partial charge in [-0.3, -0.25) is 9.71 Å². The molecule has 1 aromatic heterocycles. The number of para-hydroxylation sites is 1. The van der Waals surface area contributed by atoms with Crippen LogP contribution in [0.3, 0.4) is 0 Å². The topological polar surface area (TPSA) is 97.4 Å². The van der Waals surface area contributed by atoms with Crippen LogP contribution in [0.5, 0.6) is 0 Å². The first-order valence-corrected chi connectivity index (χ1v) is 8.20. The molecule has 0 aliphatic carbocycles. The zero-order valence-electron chi connectivity index (χ0n) is 11.0. The smallest absolute Gasteiger partial charge is 0.422 e. The number of anilines is 1. The molecule has 112 valence electrons. The lowest BCUT2D eigenvalue weighted by Gasteiger charge is -2.10. The highest BCUT2D eigenvalue weighted by molar-refractivity contribution is 9.10. The molecule has 0 atom stereocenters. The molecule has 7 nitrogen and oxygen atoms in total. The fourth-order valence-electron chi connectivity index (χ4n) is 1.66. The highest BCUT2D eigenvalue weighted by Gasteiger charge is 2.16. The summed E-state index contributed by atoms with van der Waals surface area (Å²) in [7, 11) is -4.08. The molecular weight excluding hydrogens is 362 g/mol. The van der Waals surface area contributed by atoms with Crippen LogP contribution < -0.4 is 9.44 Å². The third-order valence-corrected chi connectivity index (χ3v) is 3.77. The van der Waals surface area contributed by atoms with Crippen molar-refractivity contribution in [2.45, 2.75) is 6.92 Å². The van der Waals surface area contributed by atoms with Gasteiger partial charge in [0.15, 0.2) is 0 Å². The number of hydrogen-bond donors (Lipinski definition) is 2. The Bertz CT molecular complexity index is 779. The Hall–Kier alpha value is -1.87. The number of carbonyl (C=O) groups excluding carboxylic acids is 1. The van der Waals surface area contributed by atoms with Crippen LogP contribution in [-0.4, -0.2) is 26.1 Å². The fraction of sp³-hybridized carbons (Fsp3) is 0.167. The largest absolute Gasteiger partial charge is 0.449 e. The van der Waals surface area contributed by atoms with Crippen molar-refractivity contribution in [2.24, 2.45) is 0 Å². The molecule has 0 aliphatic rings. The predicted octanol–water partition coefficient (Wildman–Crippen LogP) is 2.40. The molecule has 0 saturated carbocycles. The summed E-state index contributed by atoms with van der Waals surface area (Å²) in [6, 6.07) is 6.83. The summed E-state index contributed by atoms with van der Waals surface area (Å²) in [5, 5.41) is 0.751. The number of nitrogens with one attached hydrogen (secondary N) is 2. The summed E-state index contributed by atoms with van der Waals surface area (Å²) in [6.45, 7) is 1.65. The number of nitrogens with zero attached hydrogens (tertiary/aromatic N) is 1. The van der Waals surface area contributed by atoms with Crippen molar-refractivity contribution in [1.82, 2.24) is 9.71 Å². The van der Waals surface area contributed by atoms with Crippen LogP contribution in [0.15, 0.2) is 34.9 Å². The first kappa shape index (κ1) is 15.5. The maximum Gasteiger partial charge on any atom is 0.422 e. The quantitative estimate of drug-likeness (QED) is 0.857. The van der Waals surface area contributed by atoms with Gasteiger partial charge in [-0.15, -0.1) is 0 Å². The molecule has 2 N–H and O–H groups in total. The number of halogens is 1. The minimum absolute atomic E-state index is 0.0746. The molecule has 0 unspecified atom stereocenters. The molecule has 9 heteroatoms. The molecule has 1 amide bonds. The first-order chi connectivity index (χ1) is 9.91. The summed E-state index contributed by atoms with van der Waals surface area (Å²) >= 11 is 3.29. The lowest BCUT2D eigenvalue weighted by Crippen LogP contribution is -2.35. The number of rotatable bonds is 4. The van der Waals surface area contributed by atoms with E-state index in [4.69, 9.17) is 0 Å². The van der Waals surface area contributed by atoms with Gasteiger partial charge in [0.2, 0.25) is 0 Å². The predicted molar refractivity (Wildman–Crippen MR) is 82.1 cm³/mol. The maximum atomic E-state index is 11.8. The minimum atomic E-state index is -4.08. The molecule has 1 heterocycles. The number of ether oxygens (including phenoxy) is 1. The number of benzene rings is 1. The second-order valence-corrected chi connectivity index (χ2v) is 6.29. The van der Waals surface area contributed by atoms with Gasteiger partial charge >= 0.3 is 16.3 Å². The van der Waals surface area contributed by atoms with Crippen LogP contribution >= 0.6 is 15.9 Å². The van der Waals surface area contributed by atoms with Crippen LogP contribution in [0.25, 0.3) is 10.9 Å². The number of carbonyl (C=O) groups is 1. The minimum Gasteiger partial charge on any atom is -0.449 e. The second kappa shape index (κ2) is 6.27. The van der Waals surface area contributed by atoms with E-state index in [-0.39, 0.29) is 12.3 Å². The van der Waals surface area contributed by atoms with E-state index in [9.17, 15) is 13.2 Å². The summed E-state index contributed by atoms with van der Waals surface area (Å²) in [5.41, 5.74) is 0.728. The van der Waals surface area contributed by atoms with Crippen molar-refractivity contribution in [2.75, 3.05) is 11.3 Å². The highest BCUT2D eigenvalue weighted by atomic mass is 79.9. The first-order valence-electron chi connectivity index (χ1n) is 5.93. The van der Waals surface area contributed by atoms with Gasteiger partial charge in [0, 0.05) is 16.1 Å². The Morgan fingerprint density at radius 1 is 1.43 bits per heavy atom. The maximum absolute atomic E-state index is 11.8. The van der Waals surface area contributed by atoms with E-state index >= 15 is 0 Å². The lowest BCUT2D eigenvalue weighted by molar-refractivity contribution is 0.159. The monoisotopic (exact) mass is 373 g/mol. The van der Waals surface area contributed by atoms with Crippen molar-refractivity contribution >= 4 is 48.8 Å². The zero-order valence-corrected chi connectivity index (χ0v) is 13.4. The summed E-state index contributed by atoms with van der Waals surface area (Å²) < 4.78 is 33.0. The third kappa shape index (κ3) is 4.05. The summed E-state index contributed by atoms with van der Waals surface area (Å²) in [6.07, 6.45) is 0.514. The highest BCUT2D eigenvalue weighted by Crippen LogP contribution is 2.24. The molecular formula is C12H12BrN3O4S. The van der Waals surface area contributed by atoms with E-state index in [1.54, 1.807) is 42.1 Å². The van der Waals surface area contributed by atoms with Crippen molar-refractivity contribution in [3.8, 4) is 0 Å². The van der Waals surface area contributed by atoms with E-state index in [2.05, 4.69) is 30.4 Å². The van der Waals surface area contributed by atoms with Gasteiger partial charge in [-0.05, 0) is 35.0 Å². The van der Waals surface area contributed by atoms with Crippen LogP contribution in [0.1, 0.15) is 6.92 Å². The number of hydrogen-bond acceptors (Lipinski definition) is 5. The summed E-state index contributed by atoms with van der Waals surface area (Å²) in [5.74, 6) is 0. The van der Waals surface area contributed by atoms with Crippen molar-refractivity contribution in [1.29, 1.82) is 0 Å². The van der Waals surface area contributed by atoms with Crippen LogP contribution in [-0.2, 0) is 14.9 Å². The number of pyridine rings is 1. The van der Waals surface area contributed by atoms with Gasteiger partial charge in [-0.25, -0.2) is 9.52 Å². The average molecular weight is 374 g/mol. The normalized spacial score (nSPS) is 11.1. The molecule has 21 heavy (non-hydrogen) atoms. The molecule has 1 aromatic carbocycles. The standard InChI is InChI=1S/C12H12BrN3O4S/c1-2-20-12(17)16-21(18,19)15-10-5-3-4-8-6-9(13)7-14-11(8)10/h3-7,15H,2H2,1H3,(H,16,17). The van der Waals surface area contributed by atoms with Gasteiger partial charge in [0.05, 0.1) is 17.8 Å². The Morgan fingerprint density at radius 3 is 2.90 bits per heavy atom. The molecule has 0 aliphatic heterocycles. The average Bonchev–Trinajstić information content (AvgIpc) is 2.37. The SMILES string of the molecule is CCOC(=O)NS(=O)(=O)Nc1cccc2cc(Br)cnc12. The van der Waals surface area contributed by atoms with E-state index in [1.807, 2.05) is 0 Å². The molecule has 2 aromatic rings. The van der Waals surface area contributed by atoms with Crippen LogP contribution in [0.2, 0.25) is 0 Å². The number of fused-ring (bicyclic) bond motifs is 1. The van der Waals surface area contributed by atoms with Gasteiger partial charge < -0.3 is 4.74 Å². The Labute approximate surface area is 130 Å². The number of aromatic nitrogens is 1. The molecule has 0 spiro atoms. The van der Waals surface area contributed by atoms with E-state index in [0.717, 1.165) is 9.86 Å². The van der Waals surface area contributed by atoms with Crippen molar-refractivity contribution in [3.63, 3.8) is 0 Å². The molecule has 0 saturated heterocycles. The van der Waals surface area contributed by atoms with Gasteiger partial charge in [-0.2, -0.15) is 8.42 Å². The zero-order chi connectivity index (χ0) is 15.5. The van der Waals surface area contributed by atoms with Crippen LogP contribution in [0.4, 0.5) is 10.5 Å². The van der Waals surface area contributed by atoms with E-state index < -0.39 is 16.3 Å². The van der Waals surface area contributed by atoms with Crippen molar-refractivity contribution in [3.05, 3.63) is 34.9 Å². The molecule has 0 fully saturated rings. The molecule has 0 radical (unpaired) electrons. The lowest BCUT2D eigenvalue weighted by atomic mass is 10.2. The van der Waals surface area contributed by atoms with Gasteiger partial charge in [0.25, 0.3) is 0 Å². The van der Waals surface area contributed by atoms with Gasteiger partial charge in [-0.1, -0.05) is 12.1 Å². The van der Waals surface area contributed by atoms with Gasteiger partial charge in [0.1, 0.15) is 0 Å². The van der Waals surface area contributed by atoms with E-state index in [1.165, 1.54) is 0 Å². The number of amides is 1. The Kier molecular flexibility index (Phi) is 4.63. The third-order valence-electron chi connectivity index (χ3n) is 2.42.